The first kappa shape index (κ1) is 20.0. The fourth-order valence-corrected chi connectivity index (χ4v) is 3.24. The number of benzene rings is 2. The standard InChI is InChI=1S/C22H30N2O2/c1-14-8-9-20(26-7)19(12-14)13-24(6)18(5)22(25)23-21-16(3)10-15(2)11-17(21)4/h8-12,18H,13H2,1-7H3,(H,23,25)/t18-/m1/s1. The number of carbonyl (C=O) groups excluding carboxylic acids is 1. The zero-order valence-corrected chi connectivity index (χ0v) is 16.9. The van der Waals surface area contributed by atoms with Crippen molar-refractivity contribution in [1.82, 2.24) is 4.90 Å². The highest BCUT2D eigenvalue weighted by Gasteiger charge is 2.20. The van der Waals surface area contributed by atoms with Gasteiger partial charge in [-0.15, -0.1) is 0 Å². The van der Waals surface area contributed by atoms with Gasteiger partial charge in [0.25, 0.3) is 0 Å². The summed E-state index contributed by atoms with van der Waals surface area (Å²) in [6.07, 6.45) is 0. The van der Waals surface area contributed by atoms with E-state index in [1.165, 1.54) is 11.1 Å². The van der Waals surface area contributed by atoms with Crippen LogP contribution >= 0.6 is 0 Å². The molecule has 0 aromatic heterocycles. The zero-order chi connectivity index (χ0) is 19.4. The third-order valence-corrected chi connectivity index (χ3v) is 4.82. The maximum absolute atomic E-state index is 12.8. The van der Waals surface area contributed by atoms with E-state index in [-0.39, 0.29) is 11.9 Å². The predicted molar refractivity (Wildman–Crippen MR) is 108 cm³/mol. The first-order chi connectivity index (χ1) is 12.2. The van der Waals surface area contributed by atoms with Gasteiger partial charge in [0.15, 0.2) is 0 Å². The molecule has 0 fully saturated rings. The van der Waals surface area contributed by atoms with Crippen molar-refractivity contribution in [3.63, 3.8) is 0 Å². The molecule has 26 heavy (non-hydrogen) atoms. The molecule has 0 aliphatic rings. The Bertz CT molecular complexity index is 776. The number of carbonyl (C=O) groups is 1. The molecule has 2 aromatic rings. The van der Waals surface area contributed by atoms with Crippen molar-refractivity contribution in [2.24, 2.45) is 0 Å². The number of nitrogens with one attached hydrogen (secondary N) is 1. The minimum absolute atomic E-state index is 0.00540. The summed E-state index contributed by atoms with van der Waals surface area (Å²) in [6, 6.07) is 10.0. The first-order valence-corrected chi connectivity index (χ1v) is 8.95. The van der Waals surface area contributed by atoms with Crippen LogP contribution in [0.15, 0.2) is 30.3 Å². The quantitative estimate of drug-likeness (QED) is 0.836. The van der Waals surface area contributed by atoms with Crippen LogP contribution in [0.5, 0.6) is 5.75 Å². The molecule has 0 saturated carbocycles. The lowest BCUT2D eigenvalue weighted by Crippen LogP contribution is -2.39. The van der Waals surface area contributed by atoms with Gasteiger partial charge in [-0.1, -0.05) is 35.4 Å². The lowest BCUT2D eigenvalue weighted by atomic mass is 10.0. The van der Waals surface area contributed by atoms with Crippen molar-refractivity contribution in [2.75, 3.05) is 19.5 Å². The molecule has 0 unspecified atom stereocenters. The highest BCUT2D eigenvalue weighted by molar-refractivity contribution is 5.95. The lowest BCUT2D eigenvalue weighted by Gasteiger charge is -2.25. The van der Waals surface area contributed by atoms with Gasteiger partial charge in [-0.25, -0.2) is 0 Å². The number of nitrogens with zero attached hydrogens (tertiary/aromatic N) is 1. The van der Waals surface area contributed by atoms with Gasteiger partial charge < -0.3 is 10.1 Å². The van der Waals surface area contributed by atoms with Crippen LogP contribution in [0, 0.1) is 27.7 Å². The average Bonchev–Trinajstić information content (AvgIpc) is 2.57. The van der Waals surface area contributed by atoms with Crippen LogP contribution in [-0.2, 0) is 11.3 Å². The molecule has 0 radical (unpaired) electrons. The van der Waals surface area contributed by atoms with Crippen LogP contribution in [0.3, 0.4) is 0 Å². The molecule has 0 heterocycles. The normalized spacial score (nSPS) is 12.2. The molecule has 0 aliphatic carbocycles. The van der Waals surface area contributed by atoms with Crippen LogP contribution in [0.1, 0.15) is 34.7 Å². The smallest absolute Gasteiger partial charge is 0.241 e. The average molecular weight is 354 g/mol. The van der Waals surface area contributed by atoms with Crippen LogP contribution in [0.2, 0.25) is 0 Å². The van der Waals surface area contributed by atoms with Gasteiger partial charge in [0.05, 0.1) is 13.2 Å². The number of likely N-dealkylation sites (N-methyl/N-ethyl adjacent to an activating group) is 1. The van der Waals surface area contributed by atoms with Gasteiger partial charge in [-0.2, -0.15) is 0 Å². The van der Waals surface area contributed by atoms with Gasteiger partial charge in [0.2, 0.25) is 5.91 Å². The van der Waals surface area contributed by atoms with E-state index in [9.17, 15) is 4.79 Å². The monoisotopic (exact) mass is 354 g/mol. The number of hydrogen-bond donors (Lipinski definition) is 1. The van der Waals surface area contributed by atoms with E-state index in [0.29, 0.717) is 6.54 Å². The highest BCUT2D eigenvalue weighted by atomic mass is 16.5. The van der Waals surface area contributed by atoms with E-state index >= 15 is 0 Å². The van der Waals surface area contributed by atoms with E-state index in [1.54, 1.807) is 7.11 Å². The van der Waals surface area contributed by atoms with Gasteiger partial charge in [-0.3, -0.25) is 9.69 Å². The Labute approximate surface area is 157 Å². The molecule has 0 saturated heterocycles. The molecule has 4 nitrogen and oxygen atoms in total. The Morgan fingerprint density at radius 3 is 2.27 bits per heavy atom. The van der Waals surface area contributed by atoms with E-state index in [4.69, 9.17) is 4.74 Å². The topological polar surface area (TPSA) is 41.6 Å². The van der Waals surface area contributed by atoms with Crippen LogP contribution in [0.4, 0.5) is 5.69 Å². The van der Waals surface area contributed by atoms with E-state index < -0.39 is 0 Å². The molecule has 0 aliphatic heterocycles. The molecule has 1 amide bonds. The van der Waals surface area contributed by atoms with Crippen molar-refractivity contribution < 1.29 is 9.53 Å². The Kier molecular flexibility index (Phi) is 6.43. The summed E-state index contributed by atoms with van der Waals surface area (Å²) in [5, 5.41) is 3.10. The van der Waals surface area contributed by atoms with Crippen LogP contribution in [-0.4, -0.2) is 31.0 Å². The molecule has 0 bridgehead atoms. The van der Waals surface area contributed by atoms with Gasteiger partial charge in [0, 0.05) is 17.8 Å². The molecule has 140 valence electrons. The van der Waals surface area contributed by atoms with Crippen molar-refractivity contribution in [3.05, 3.63) is 58.1 Å². The Hall–Kier alpha value is -2.33. The zero-order valence-electron chi connectivity index (χ0n) is 16.9. The second-order valence-electron chi connectivity index (χ2n) is 7.17. The summed E-state index contributed by atoms with van der Waals surface area (Å²) in [5.41, 5.74) is 6.55. The fraction of sp³-hybridized carbons (Fsp3) is 0.409. The Balaban J connectivity index is 2.12. The van der Waals surface area contributed by atoms with Crippen LogP contribution < -0.4 is 10.1 Å². The summed E-state index contributed by atoms with van der Waals surface area (Å²) >= 11 is 0. The third-order valence-electron chi connectivity index (χ3n) is 4.82. The third kappa shape index (κ3) is 4.64. The minimum Gasteiger partial charge on any atom is -0.496 e. The number of methoxy groups -OCH3 is 1. The molecular formula is C22H30N2O2. The number of hydrogen-bond acceptors (Lipinski definition) is 3. The maximum atomic E-state index is 12.8. The lowest BCUT2D eigenvalue weighted by molar-refractivity contribution is -0.120. The maximum Gasteiger partial charge on any atom is 0.241 e. The highest BCUT2D eigenvalue weighted by Crippen LogP contribution is 2.24. The summed E-state index contributed by atoms with van der Waals surface area (Å²) in [6.45, 7) is 10.8. The largest absolute Gasteiger partial charge is 0.496 e. The van der Waals surface area contributed by atoms with Crippen molar-refractivity contribution in [3.8, 4) is 5.75 Å². The fourth-order valence-electron chi connectivity index (χ4n) is 3.24. The SMILES string of the molecule is COc1ccc(C)cc1CN(C)[C@H](C)C(=O)Nc1c(C)cc(C)cc1C. The van der Waals surface area contributed by atoms with Crippen molar-refractivity contribution in [1.29, 1.82) is 0 Å². The van der Waals surface area contributed by atoms with Gasteiger partial charge in [-0.05, 0) is 58.9 Å². The van der Waals surface area contributed by atoms with Crippen LogP contribution in [0.25, 0.3) is 0 Å². The van der Waals surface area contributed by atoms with E-state index in [0.717, 1.165) is 28.1 Å². The minimum atomic E-state index is -0.264. The van der Waals surface area contributed by atoms with Crippen molar-refractivity contribution in [2.45, 2.75) is 47.2 Å². The molecular weight excluding hydrogens is 324 g/mol. The van der Waals surface area contributed by atoms with E-state index in [1.807, 2.05) is 44.9 Å². The second kappa shape index (κ2) is 8.37. The van der Waals surface area contributed by atoms with E-state index in [2.05, 4.69) is 37.4 Å². The summed E-state index contributed by atoms with van der Waals surface area (Å²) in [4.78, 5) is 14.8. The molecule has 1 atom stereocenters. The second-order valence-corrected chi connectivity index (χ2v) is 7.17. The molecule has 0 spiro atoms. The van der Waals surface area contributed by atoms with Gasteiger partial charge >= 0.3 is 0 Å². The Morgan fingerprint density at radius 2 is 1.69 bits per heavy atom. The number of aryl methyl sites for hydroxylation is 4. The summed E-state index contributed by atoms with van der Waals surface area (Å²) in [5.74, 6) is 0.842. The number of anilines is 1. The molecule has 4 heteroatoms. The molecule has 2 aromatic carbocycles. The number of amides is 1. The van der Waals surface area contributed by atoms with Gasteiger partial charge in [0.1, 0.15) is 5.75 Å². The predicted octanol–water partition coefficient (Wildman–Crippen LogP) is 4.39. The first-order valence-electron chi connectivity index (χ1n) is 8.95. The molecule has 1 N–H and O–H groups in total. The summed E-state index contributed by atoms with van der Waals surface area (Å²) < 4.78 is 5.45. The number of rotatable bonds is 6. The number of ether oxygens (including phenoxy) is 1. The van der Waals surface area contributed by atoms with Crippen molar-refractivity contribution >= 4 is 11.6 Å². The molecule has 2 rings (SSSR count). The Morgan fingerprint density at radius 1 is 1.08 bits per heavy atom. The summed E-state index contributed by atoms with van der Waals surface area (Å²) in [7, 11) is 3.63.